The number of benzene rings is 2. The predicted octanol–water partition coefficient (Wildman–Crippen LogP) is 4.86. The molecule has 0 saturated heterocycles. The third kappa shape index (κ3) is 5.51. The van der Waals surface area contributed by atoms with Crippen LogP contribution in [0, 0.1) is 19.8 Å². The molecule has 0 unspecified atom stereocenters. The molecule has 3 nitrogen and oxygen atoms in total. The van der Waals surface area contributed by atoms with Crippen LogP contribution in [-0.2, 0) is 0 Å². The van der Waals surface area contributed by atoms with Crippen LogP contribution in [0.2, 0.25) is 0 Å². The third-order valence-electron chi connectivity index (χ3n) is 3.67. The van der Waals surface area contributed by atoms with Crippen molar-refractivity contribution in [3.8, 4) is 5.75 Å². The van der Waals surface area contributed by atoms with Crippen molar-refractivity contribution in [1.82, 2.24) is 0 Å². The average Bonchev–Trinajstić information content (AvgIpc) is 2.53. The van der Waals surface area contributed by atoms with Gasteiger partial charge in [0.25, 0.3) is 0 Å². The van der Waals surface area contributed by atoms with Gasteiger partial charge in [0.2, 0.25) is 0 Å². The maximum Gasteiger partial charge on any atom is 0.119 e. The van der Waals surface area contributed by atoms with Crippen molar-refractivity contribution in [3.63, 3.8) is 0 Å². The first kappa shape index (κ1) is 17.2. The molecule has 0 aromatic heterocycles. The Morgan fingerprint density at radius 2 is 1.48 bits per heavy atom. The van der Waals surface area contributed by atoms with Crippen molar-refractivity contribution >= 4 is 11.4 Å². The highest BCUT2D eigenvalue weighted by Gasteiger charge is 2.01. The van der Waals surface area contributed by atoms with E-state index >= 15 is 0 Å². The molecule has 0 spiro atoms. The molecular weight excluding hydrogens is 284 g/mol. The number of aryl methyl sites for hydroxylation is 2. The Morgan fingerprint density at radius 1 is 0.870 bits per heavy atom. The maximum atomic E-state index is 5.69. The number of para-hydroxylation sites is 1. The fraction of sp³-hybridized carbons (Fsp3) is 0.400. The van der Waals surface area contributed by atoms with Gasteiger partial charge in [-0.05, 0) is 55.2 Å². The molecule has 0 radical (unpaired) electrons. The van der Waals surface area contributed by atoms with Gasteiger partial charge in [0, 0.05) is 24.5 Å². The minimum Gasteiger partial charge on any atom is -0.493 e. The second-order valence-corrected chi connectivity index (χ2v) is 6.35. The standard InChI is InChI=1S/C20H28N2O/c1-15(2)14-23-19-10-8-18(9-11-19)21-12-13-22-20-16(3)6-5-7-17(20)4/h5-11,15,21-22H,12-14H2,1-4H3. The molecule has 0 heterocycles. The van der Waals surface area contributed by atoms with Crippen molar-refractivity contribution in [2.45, 2.75) is 27.7 Å². The summed E-state index contributed by atoms with van der Waals surface area (Å²) in [5.41, 5.74) is 4.94. The highest BCUT2D eigenvalue weighted by Crippen LogP contribution is 2.19. The van der Waals surface area contributed by atoms with Gasteiger partial charge in [-0.25, -0.2) is 0 Å². The van der Waals surface area contributed by atoms with E-state index < -0.39 is 0 Å². The van der Waals surface area contributed by atoms with Crippen molar-refractivity contribution in [1.29, 1.82) is 0 Å². The van der Waals surface area contributed by atoms with Crippen molar-refractivity contribution in [2.75, 3.05) is 30.3 Å². The van der Waals surface area contributed by atoms with Crippen LogP contribution in [0.25, 0.3) is 0 Å². The van der Waals surface area contributed by atoms with E-state index in [1.807, 2.05) is 12.1 Å². The highest BCUT2D eigenvalue weighted by molar-refractivity contribution is 5.56. The van der Waals surface area contributed by atoms with Gasteiger partial charge in [-0.3, -0.25) is 0 Å². The third-order valence-corrected chi connectivity index (χ3v) is 3.67. The Labute approximate surface area is 140 Å². The molecule has 2 aromatic carbocycles. The zero-order valence-electron chi connectivity index (χ0n) is 14.6. The normalized spacial score (nSPS) is 10.7. The molecule has 0 fully saturated rings. The SMILES string of the molecule is Cc1cccc(C)c1NCCNc1ccc(OCC(C)C)cc1. The van der Waals surface area contributed by atoms with Gasteiger partial charge in [-0.15, -0.1) is 0 Å². The Morgan fingerprint density at radius 3 is 2.09 bits per heavy atom. The quantitative estimate of drug-likeness (QED) is 0.683. The number of anilines is 2. The van der Waals surface area contributed by atoms with E-state index in [4.69, 9.17) is 4.74 Å². The monoisotopic (exact) mass is 312 g/mol. The minimum absolute atomic E-state index is 0.545. The molecule has 0 amide bonds. The molecule has 0 saturated carbocycles. The van der Waals surface area contributed by atoms with Gasteiger partial charge in [0.1, 0.15) is 5.75 Å². The zero-order valence-corrected chi connectivity index (χ0v) is 14.6. The first-order valence-electron chi connectivity index (χ1n) is 8.33. The molecule has 0 bridgehead atoms. The number of nitrogens with one attached hydrogen (secondary N) is 2. The molecule has 0 aliphatic heterocycles. The van der Waals surface area contributed by atoms with Crippen LogP contribution in [0.5, 0.6) is 5.75 Å². The van der Waals surface area contributed by atoms with E-state index in [0.29, 0.717) is 5.92 Å². The summed E-state index contributed by atoms with van der Waals surface area (Å²) in [6.45, 7) is 11.1. The summed E-state index contributed by atoms with van der Waals surface area (Å²) in [5, 5.41) is 6.94. The average molecular weight is 312 g/mol. The van der Waals surface area contributed by atoms with E-state index in [1.165, 1.54) is 16.8 Å². The number of hydrogen-bond donors (Lipinski definition) is 2. The van der Waals surface area contributed by atoms with Crippen LogP contribution in [-0.4, -0.2) is 19.7 Å². The maximum absolute atomic E-state index is 5.69. The molecule has 2 N–H and O–H groups in total. The Balaban J connectivity index is 1.76. The van der Waals surface area contributed by atoms with E-state index in [-0.39, 0.29) is 0 Å². The lowest BCUT2D eigenvalue weighted by Gasteiger charge is -2.14. The summed E-state index contributed by atoms with van der Waals surface area (Å²) in [6, 6.07) is 14.5. The number of hydrogen-bond acceptors (Lipinski definition) is 3. The topological polar surface area (TPSA) is 33.3 Å². The molecule has 0 aliphatic carbocycles. The number of ether oxygens (including phenoxy) is 1. The zero-order chi connectivity index (χ0) is 16.7. The predicted molar refractivity (Wildman–Crippen MR) is 99.7 cm³/mol. The summed E-state index contributed by atoms with van der Waals surface area (Å²) in [6.07, 6.45) is 0. The summed E-state index contributed by atoms with van der Waals surface area (Å²) in [4.78, 5) is 0. The van der Waals surface area contributed by atoms with Gasteiger partial charge >= 0.3 is 0 Å². The lowest BCUT2D eigenvalue weighted by atomic mass is 10.1. The summed E-state index contributed by atoms with van der Waals surface area (Å²) in [7, 11) is 0. The lowest BCUT2D eigenvalue weighted by molar-refractivity contribution is 0.271. The Kier molecular flexibility index (Phi) is 6.33. The van der Waals surface area contributed by atoms with Crippen LogP contribution in [0.4, 0.5) is 11.4 Å². The van der Waals surface area contributed by atoms with Gasteiger partial charge < -0.3 is 15.4 Å². The first-order chi connectivity index (χ1) is 11.1. The van der Waals surface area contributed by atoms with Gasteiger partial charge in [-0.1, -0.05) is 32.0 Å². The molecule has 2 rings (SSSR count). The van der Waals surface area contributed by atoms with Gasteiger partial charge in [0.15, 0.2) is 0 Å². The summed E-state index contributed by atoms with van der Waals surface area (Å²) < 4.78 is 5.69. The van der Waals surface area contributed by atoms with Crippen molar-refractivity contribution in [2.24, 2.45) is 5.92 Å². The molecular formula is C20H28N2O. The highest BCUT2D eigenvalue weighted by atomic mass is 16.5. The van der Waals surface area contributed by atoms with E-state index in [1.54, 1.807) is 0 Å². The summed E-state index contributed by atoms with van der Waals surface area (Å²) >= 11 is 0. The van der Waals surface area contributed by atoms with Gasteiger partial charge in [0.05, 0.1) is 6.61 Å². The van der Waals surface area contributed by atoms with E-state index in [2.05, 4.69) is 68.7 Å². The summed E-state index contributed by atoms with van der Waals surface area (Å²) in [5.74, 6) is 1.47. The molecule has 2 aromatic rings. The Bertz CT molecular complexity index is 585. The van der Waals surface area contributed by atoms with Crippen LogP contribution in [0.3, 0.4) is 0 Å². The van der Waals surface area contributed by atoms with Gasteiger partial charge in [-0.2, -0.15) is 0 Å². The number of rotatable bonds is 8. The molecule has 3 heteroatoms. The van der Waals surface area contributed by atoms with Crippen molar-refractivity contribution < 1.29 is 4.74 Å². The van der Waals surface area contributed by atoms with E-state index in [9.17, 15) is 0 Å². The lowest BCUT2D eigenvalue weighted by Crippen LogP contribution is -2.14. The van der Waals surface area contributed by atoms with Crippen molar-refractivity contribution in [3.05, 3.63) is 53.6 Å². The Hall–Kier alpha value is -2.16. The van der Waals surface area contributed by atoms with Crippen LogP contribution in [0.1, 0.15) is 25.0 Å². The molecule has 0 atom stereocenters. The fourth-order valence-corrected chi connectivity index (χ4v) is 2.42. The van der Waals surface area contributed by atoms with E-state index in [0.717, 1.165) is 31.1 Å². The molecule has 0 aliphatic rings. The first-order valence-corrected chi connectivity index (χ1v) is 8.33. The second kappa shape index (κ2) is 8.47. The fourth-order valence-electron chi connectivity index (χ4n) is 2.42. The molecule has 124 valence electrons. The van der Waals surface area contributed by atoms with Crippen LogP contribution >= 0.6 is 0 Å². The van der Waals surface area contributed by atoms with Crippen LogP contribution in [0.15, 0.2) is 42.5 Å². The molecule has 23 heavy (non-hydrogen) atoms. The smallest absolute Gasteiger partial charge is 0.119 e. The minimum atomic E-state index is 0.545. The second-order valence-electron chi connectivity index (χ2n) is 6.35. The van der Waals surface area contributed by atoms with Crippen LogP contribution < -0.4 is 15.4 Å². The largest absolute Gasteiger partial charge is 0.493 e.